The van der Waals surface area contributed by atoms with Gasteiger partial charge < -0.3 is 4.74 Å². The molecule has 2 aromatic heterocycles. The van der Waals surface area contributed by atoms with Crippen molar-refractivity contribution in [2.45, 2.75) is 26.2 Å². The monoisotopic (exact) mass is 459 g/mol. The molecule has 0 radical (unpaired) electrons. The van der Waals surface area contributed by atoms with Crippen molar-refractivity contribution in [1.29, 1.82) is 0 Å². The first-order chi connectivity index (χ1) is 14.6. The zero-order valence-corrected chi connectivity index (χ0v) is 18.8. The predicted octanol–water partition coefficient (Wildman–Crippen LogP) is 4.90. The van der Waals surface area contributed by atoms with Crippen molar-refractivity contribution >= 4 is 33.2 Å². The second kappa shape index (κ2) is 7.62. The van der Waals surface area contributed by atoms with Crippen molar-refractivity contribution in [3.8, 4) is 22.6 Å². The number of aromatic nitrogens is 3. The first-order valence-corrected chi connectivity index (χ1v) is 10.6. The number of thiazole rings is 1. The van der Waals surface area contributed by atoms with Crippen molar-refractivity contribution in [3.05, 3.63) is 73.2 Å². The van der Waals surface area contributed by atoms with Gasteiger partial charge in [-0.3, -0.25) is 14.3 Å². The molecule has 1 N–H and O–H groups in total. The van der Waals surface area contributed by atoms with E-state index in [4.69, 9.17) is 16.3 Å². The summed E-state index contributed by atoms with van der Waals surface area (Å²) >= 11 is 7.32. The smallest absolute Gasteiger partial charge is 0.333 e. The zero-order chi connectivity index (χ0) is 22.5. The van der Waals surface area contributed by atoms with Crippen LogP contribution in [0.4, 0.5) is 4.39 Å². The molecular formula is C22H19ClFN3O3S. The zero-order valence-electron chi connectivity index (χ0n) is 17.2. The lowest BCUT2D eigenvalue weighted by Gasteiger charge is -2.26. The number of fused-ring (bicyclic) bond motifs is 1. The minimum atomic E-state index is -0.730. The Morgan fingerprint density at radius 3 is 2.58 bits per heavy atom. The first kappa shape index (κ1) is 21.3. The Labute approximate surface area is 185 Å². The van der Waals surface area contributed by atoms with Gasteiger partial charge in [0.25, 0.3) is 5.56 Å². The number of hydrogen-bond acceptors (Lipinski definition) is 5. The average Bonchev–Trinajstić information content (AvgIpc) is 3.06. The number of rotatable bonds is 3. The van der Waals surface area contributed by atoms with Gasteiger partial charge in [-0.2, -0.15) is 0 Å². The molecule has 160 valence electrons. The molecule has 6 nitrogen and oxygen atoms in total. The average molecular weight is 460 g/mol. The molecule has 0 spiro atoms. The van der Waals surface area contributed by atoms with Crippen LogP contribution in [-0.4, -0.2) is 21.6 Å². The van der Waals surface area contributed by atoms with Crippen molar-refractivity contribution in [3.63, 3.8) is 0 Å². The normalized spacial score (nSPS) is 11.8. The van der Waals surface area contributed by atoms with Crippen molar-refractivity contribution in [2.75, 3.05) is 7.11 Å². The van der Waals surface area contributed by atoms with Gasteiger partial charge in [-0.25, -0.2) is 14.2 Å². The summed E-state index contributed by atoms with van der Waals surface area (Å²) in [4.78, 5) is 30.3. The van der Waals surface area contributed by atoms with Crippen LogP contribution in [0.15, 0.2) is 46.1 Å². The molecule has 2 heterocycles. The number of benzene rings is 2. The topological polar surface area (TPSA) is 77.0 Å². The molecule has 0 saturated carbocycles. The standard InChI is InChI=1S/C22H19ClFN3O3S/c1-22(2,3)12-10-14(27-8-7-16(28)26-21(27)29)18(24)17(19(12)30-4)11-5-6-13-15(9-11)31-20(23)25-13/h5-10H,1-4H3,(H,26,28,29). The maximum atomic E-state index is 16.0. The van der Waals surface area contributed by atoms with Gasteiger partial charge in [0.15, 0.2) is 10.3 Å². The fraction of sp³-hybridized carbons (Fsp3) is 0.227. The third-order valence-corrected chi connectivity index (χ3v) is 6.07. The van der Waals surface area contributed by atoms with Gasteiger partial charge in [0.05, 0.1) is 28.6 Å². The van der Waals surface area contributed by atoms with Gasteiger partial charge in [0, 0.05) is 17.8 Å². The van der Waals surface area contributed by atoms with E-state index in [1.54, 1.807) is 24.3 Å². The molecule has 4 aromatic rings. The molecule has 2 aromatic carbocycles. The number of methoxy groups -OCH3 is 1. The summed E-state index contributed by atoms with van der Waals surface area (Å²) in [5, 5.41) is 0. The molecule has 0 aliphatic heterocycles. The van der Waals surface area contributed by atoms with E-state index in [0.717, 1.165) is 9.27 Å². The van der Waals surface area contributed by atoms with E-state index < -0.39 is 22.5 Å². The Kier molecular flexibility index (Phi) is 5.23. The highest BCUT2D eigenvalue weighted by molar-refractivity contribution is 7.22. The van der Waals surface area contributed by atoms with Crippen LogP contribution in [0, 0.1) is 5.82 Å². The van der Waals surface area contributed by atoms with Gasteiger partial charge in [-0.1, -0.05) is 38.4 Å². The lowest BCUT2D eigenvalue weighted by Crippen LogP contribution is -2.28. The number of nitrogens with zero attached hydrogens (tertiary/aromatic N) is 2. The molecule has 0 bridgehead atoms. The quantitative estimate of drug-likeness (QED) is 0.472. The summed E-state index contributed by atoms with van der Waals surface area (Å²) in [6, 6.07) is 8.06. The molecule has 9 heteroatoms. The summed E-state index contributed by atoms with van der Waals surface area (Å²) in [6.45, 7) is 5.91. The van der Waals surface area contributed by atoms with E-state index in [1.165, 1.54) is 30.7 Å². The molecular weight excluding hydrogens is 441 g/mol. The number of nitrogens with one attached hydrogen (secondary N) is 1. The Morgan fingerprint density at radius 1 is 1.19 bits per heavy atom. The van der Waals surface area contributed by atoms with E-state index in [0.29, 0.717) is 26.9 Å². The predicted molar refractivity (Wildman–Crippen MR) is 121 cm³/mol. The molecule has 0 amide bonds. The lowest BCUT2D eigenvalue weighted by atomic mass is 9.83. The highest BCUT2D eigenvalue weighted by Gasteiger charge is 2.28. The van der Waals surface area contributed by atoms with Gasteiger partial charge in [0.1, 0.15) is 5.75 Å². The van der Waals surface area contributed by atoms with E-state index in [2.05, 4.69) is 9.97 Å². The SMILES string of the molecule is COc1c(C(C)(C)C)cc(-n2ccc(=O)[nH]c2=O)c(F)c1-c1ccc2nc(Cl)sc2c1. The number of aromatic amines is 1. The first-order valence-electron chi connectivity index (χ1n) is 9.40. The molecule has 0 saturated heterocycles. The summed E-state index contributed by atoms with van der Waals surface area (Å²) in [6.07, 6.45) is 1.26. The second-order valence-corrected chi connectivity index (χ2v) is 9.66. The van der Waals surface area contributed by atoms with Crippen LogP contribution in [0.25, 0.3) is 27.0 Å². The number of hydrogen-bond donors (Lipinski definition) is 1. The summed E-state index contributed by atoms with van der Waals surface area (Å²) in [7, 11) is 1.49. The molecule has 0 atom stereocenters. The van der Waals surface area contributed by atoms with Crippen LogP contribution >= 0.6 is 22.9 Å². The van der Waals surface area contributed by atoms with E-state index in [-0.39, 0.29) is 11.3 Å². The van der Waals surface area contributed by atoms with Crippen LogP contribution < -0.4 is 16.0 Å². The maximum Gasteiger partial charge on any atom is 0.333 e. The van der Waals surface area contributed by atoms with Crippen molar-refractivity contribution < 1.29 is 9.13 Å². The van der Waals surface area contributed by atoms with Crippen molar-refractivity contribution in [2.24, 2.45) is 0 Å². The highest BCUT2D eigenvalue weighted by atomic mass is 35.5. The Balaban J connectivity index is 2.11. The van der Waals surface area contributed by atoms with Gasteiger partial charge in [0.2, 0.25) is 0 Å². The van der Waals surface area contributed by atoms with Crippen molar-refractivity contribution in [1.82, 2.24) is 14.5 Å². The number of ether oxygens (including phenoxy) is 1. The largest absolute Gasteiger partial charge is 0.496 e. The van der Waals surface area contributed by atoms with Gasteiger partial charge in [-0.15, -0.1) is 11.3 Å². The Bertz CT molecular complexity index is 1430. The van der Waals surface area contributed by atoms with Crippen LogP contribution in [0.3, 0.4) is 0 Å². The number of halogens is 2. The minimum absolute atomic E-state index is 0.0180. The fourth-order valence-corrected chi connectivity index (χ4v) is 4.56. The van der Waals surface area contributed by atoms with Crippen LogP contribution in [-0.2, 0) is 5.41 Å². The summed E-state index contributed by atoms with van der Waals surface area (Å²) < 4.78 is 23.9. The molecule has 0 aliphatic carbocycles. The minimum Gasteiger partial charge on any atom is -0.496 e. The lowest BCUT2D eigenvalue weighted by molar-refractivity contribution is 0.396. The van der Waals surface area contributed by atoms with E-state index in [1.807, 2.05) is 20.8 Å². The molecule has 0 unspecified atom stereocenters. The van der Waals surface area contributed by atoms with Crippen LogP contribution in [0.5, 0.6) is 5.75 Å². The molecule has 4 rings (SSSR count). The third kappa shape index (κ3) is 3.77. The molecule has 0 aliphatic rings. The Hall–Kier alpha value is -2.97. The van der Waals surface area contributed by atoms with Crippen LogP contribution in [0.1, 0.15) is 26.3 Å². The third-order valence-electron chi connectivity index (χ3n) is 4.94. The summed E-state index contributed by atoms with van der Waals surface area (Å²) in [5.41, 5.74) is 0.507. The summed E-state index contributed by atoms with van der Waals surface area (Å²) in [5.74, 6) is -0.268. The van der Waals surface area contributed by atoms with Crippen LogP contribution in [0.2, 0.25) is 4.47 Å². The van der Waals surface area contributed by atoms with E-state index >= 15 is 4.39 Å². The van der Waals surface area contributed by atoms with Gasteiger partial charge in [-0.05, 0) is 29.2 Å². The van der Waals surface area contributed by atoms with Gasteiger partial charge >= 0.3 is 5.69 Å². The second-order valence-electron chi connectivity index (χ2n) is 8.04. The fourth-order valence-electron chi connectivity index (χ4n) is 3.49. The molecule has 0 fully saturated rings. The highest BCUT2D eigenvalue weighted by Crippen LogP contribution is 2.44. The van der Waals surface area contributed by atoms with E-state index in [9.17, 15) is 9.59 Å². The molecule has 31 heavy (non-hydrogen) atoms. The Morgan fingerprint density at radius 2 is 1.94 bits per heavy atom. The maximum absolute atomic E-state index is 16.0. The number of H-pyrrole nitrogens is 1.